The van der Waals surface area contributed by atoms with Crippen molar-refractivity contribution in [3.63, 3.8) is 0 Å². The number of esters is 1. The second-order valence-electron chi connectivity index (χ2n) is 6.25. The summed E-state index contributed by atoms with van der Waals surface area (Å²) in [5, 5.41) is 14.9. The fourth-order valence-corrected chi connectivity index (χ4v) is 3.02. The number of anilines is 1. The lowest BCUT2D eigenvalue weighted by molar-refractivity contribution is -0.126. The normalized spacial score (nSPS) is 10.2. The number of aromatic hydroxyl groups is 1. The van der Waals surface area contributed by atoms with Gasteiger partial charge in [-0.1, -0.05) is 6.07 Å². The number of phenolic OH excluding ortho intramolecular Hbond substituents is 1. The number of rotatable bonds is 7. The summed E-state index contributed by atoms with van der Waals surface area (Å²) in [5.74, 6) is -1.75. The first-order chi connectivity index (χ1) is 13.7. The van der Waals surface area contributed by atoms with Crippen molar-refractivity contribution in [2.24, 2.45) is 0 Å². The summed E-state index contributed by atoms with van der Waals surface area (Å²) in [4.78, 5) is 36.0. The van der Waals surface area contributed by atoms with Crippen molar-refractivity contribution < 1.29 is 29.0 Å². The summed E-state index contributed by atoms with van der Waals surface area (Å²) in [6.45, 7) is 2.71. The van der Waals surface area contributed by atoms with E-state index in [1.165, 1.54) is 13.2 Å². The number of ether oxygens (including phenoxy) is 2. The lowest BCUT2D eigenvalue weighted by Crippen LogP contribution is -2.35. The lowest BCUT2D eigenvalue weighted by atomic mass is 10.1. The predicted molar refractivity (Wildman–Crippen MR) is 110 cm³/mol. The fraction of sp³-hybridized carbons (Fsp3) is 0.250. The van der Waals surface area contributed by atoms with Crippen LogP contribution in [0.1, 0.15) is 21.5 Å². The number of hydrogen-bond donors (Lipinski definition) is 3. The Kier molecular flexibility index (Phi) is 7.60. The van der Waals surface area contributed by atoms with Gasteiger partial charge in [0.05, 0.1) is 23.8 Å². The van der Waals surface area contributed by atoms with E-state index < -0.39 is 24.4 Å². The maximum absolute atomic E-state index is 12.1. The average Bonchev–Trinajstić information content (AvgIpc) is 2.67. The van der Waals surface area contributed by atoms with E-state index in [1.54, 1.807) is 25.1 Å². The molecule has 0 atom stereocenters. The smallest absolute Gasteiger partial charge is 0.342 e. The molecule has 0 spiro atoms. The van der Waals surface area contributed by atoms with Gasteiger partial charge in [-0.05, 0) is 65.2 Å². The molecule has 0 aliphatic rings. The average molecular weight is 465 g/mol. The van der Waals surface area contributed by atoms with E-state index in [2.05, 4.69) is 26.6 Å². The van der Waals surface area contributed by atoms with Gasteiger partial charge in [-0.2, -0.15) is 0 Å². The Labute approximate surface area is 176 Å². The maximum atomic E-state index is 12.1. The van der Waals surface area contributed by atoms with E-state index in [-0.39, 0.29) is 17.9 Å². The molecule has 0 aromatic heterocycles. The highest BCUT2D eigenvalue weighted by Crippen LogP contribution is 2.29. The molecule has 2 rings (SSSR count). The molecular weight excluding hydrogens is 444 g/mol. The zero-order valence-electron chi connectivity index (χ0n) is 16.2. The summed E-state index contributed by atoms with van der Waals surface area (Å²) in [6.07, 6.45) is 0. The summed E-state index contributed by atoms with van der Waals surface area (Å²) in [6, 6.07) is 8.40. The van der Waals surface area contributed by atoms with Gasteiger partial charge in [0.15, 0.2) is 6.61 Å². The standard InChI is InChI=1S/C20H21BrN2O6/c1-11-4-5-16(28-3)15(8-11)23-17(24)9-22-18(25)10-29-20(27)13-6-12(2)7-14(21)19(13)26/h4-8,26H,9-10H2,1-3H3,(H,22,25)(H,23,24). The number of halogens is 1. The van der Waals surface area contributed by atoms with E-state index in [0.29, 0.717) is 15.9 Å². The van der Waals surface area contributed by atoms with Gasteiger partial charge in [0.25, 0.3) is 5.91 Å². The highest BCUT2D eigenvalue weighted by molar-refractivity contribution is 9.10. The third-order valence-electron chi connectivity index (χ3n) is 3.84. The Bertz CT molecular complexity index is 945. The molecule has 2 aromatic carbocycles. The Morgan fingerprint density at radius 2 is 1.79 bits per heavy atom. The van der Waals surface area contributed by atoms with E-state index in [4.69, 9.17) is 9.47 Å². The van der Waals surface area contributed by atoms with Crippen molar-refractivity contribution in [1.82, 2.24) is 5.32 Å². The number of methoxy groups -OCH3 is 1. The van der Waals surface area contributed by atoms with Gasteiger partial charge in [0.1, 0.15) is 17.1 Å². The number of amides is 2. The number of benzene rings is 2. The maximum Gasteiger partial charge on any atom is 0.342 e. The first kappa shape index (κ1) is 22.2. The minimum absolute atomic E-state index is 0.0611. The third kappa shape index (κ3) is 6.21. The Morgan fingerprint density at radius 3 is 2.48 bits per heavy atom. The number of phenols is 1. The minimum Gasteiger partial charge on any atom is -0.506 e. The SMILES string of the molecule is COc1ccc(C)cc1NC(=O)CNC(=O)COC(=O)c1cc(C)cc(Br)c1O. The van der Waals surface area contributed by atoms with E-state index in [9.17, 15) is 19.5 Å². The number of aryl methyl sites for hydroxylation is 2. The molecule has 8 nitrogen and oxygen atoms in total. The molecule has 0 radical (unpaired) electrons. The first-order valence-corrected chi connectivity index (χ1v) is 9.38. The van der Waals surface area contributed by atoms with Crippen LogP contribution in [0, 0.1) is 13.8 Å². The van der Waals surface area contributed by atoms with Crippen LogP contribution in [-0.4, -0.2) is 43.2 Å². The molecular formula is C20H21BrN2O6. The molecule has 154 valence electrons. The Hall–Kier alpha value is -3.07. The molecule has 0 heterocycles. The van der Waals surface area contributed by atoms with Crippen LogP contribution in [0.4, 0.5) is 5.69 Å². The number of hydrogen-bond acceptors (Lipinski definition) is 6. The molecule has 0 aliphatic heterocycles. The van der Waals surface area contributed by atoms with Gasteiger partial charge in [0, 0.05) is 0 Å². The van der Waals surface area contributed by atoms with Crippen molar-refractivity contribution in [2.75, 3.05) is 25.6 Å². The zero-order chi connectivity index (χ0) is 21.6. The monoisotopic (exact) mass is 464 g/mol. The predicted octanol–water partition coefficient (Wildman–Crippen LogP) is 2.69. The molecule has 0 saturated heterocycles. The second kappa shape index (κ2) is 9.92. The molecule has 0 bridgehead atoms. The van der Waals surface area contributed by atoms with Crippen LogP contribution >= 0.6 is 15.9 Å². The van der Waals surface area contributed by atoms with Gasteiger partial charge >= 0.3 is 5.97 Å². The van der Waals surface area contributed by atoms with Gasteiger partial charge in [-0.25, -0.2) is 4.79 Å². The van der Waals surface area contributed by atoms with Crippen LogP contribution in [0.2, 0.25) is 0 Å². The van der Waals surface area contributed by atoms with Crippen LogP contribution in [-0.2, 0) is 14.3 Å². The zero-order valence-corrected chi connectivity index (χ0v) is 17.8. The summed E-state index contributed by atoms with van der Waals surface area (Å²) >= 11 is 3.14. The molecule has 0 unspecified atom stereocenters. The fourth-order valence-electron chi connectivity index (χ4n) is 2.44. The minimum atomic E-state index is -0.851. The van der Waals surface area contributed by atoms with Gasteiger partial charge < -0.3 is 25.2 Å². The summed E-state index contributed by atoms with van der Waals surface area (Å²) < 4.78 is 10.4. The second-order valence-corrected chi connectivity index (χ2v) is 7.10. The summed E-state index contributed by atoms with van der Waals surface area (Å²) in [7, 11) is 1.49. The van der Waals surface area contributed by atoms with Crippen LogP contribution in [0.15, 0.2) is 34.8 Å². The number of carbonyl (C=O) groups excluding carboxylic acids is 3. The van der Waals surface area contributed by atoms with E-state index in [1.807, 2.05) is 13.0 Å². The molecule has 2 amide bonds. The van der Waals surface area contributed by atoms with Gasteiger partial charge in [0.2, 0.25) is 5.91 Å². The summed E-state index contributed by atoms with van der Waals surface area (Å²) in [5.41, 5.74) is 2.09. The van der Waals surface area contributed by atoms with Crippen molar-refractivity contribution in [1.29, 1.82) is 0 Å². The van der Waals surface area contributed by atoms with Gasteiger partial charge in [-0.3, -0.25) is 9.59 Å². The molecule has 9 heteroatoms. The quantitative estimate of drug-likeness (QED) is 0.542. The Morgan fingerprint density at radius 1 is 1.07 bits per heavy atom. The number of nitrogens with one attached hydrogen (secondary N) is 2. The third-order valence-corrected chi connectivity index (χ3v) is 4.44. The highest BCUT2D eigenvalue weighted by Gasteiger charge is 2.17. The van der Waals surface area contributed by atoms with Crippen LogP contribution in [0.3, 0.4) is 0 Å². The van der Waals surface area contributed by atoms with Crippen LogP contribution in [0.5, 0.6) is 11.5 Å². The molecule has 0 fully saturated rings. The molecule has 0 saturated carbocycles. The molecule has 29 heavy (non-hydrogen) atoms. The largest absolute Gasteiger partial charge is 0.506 e. The van der Waals surface area contributed by atoms with Crippen LogP contribution < -0.4 is 15.4 Å². The van der Waals surface area contributed by atoms with Crippen molar-refractivity contribution in [3.8, 4) is 11.5 Å². The van der Waals surface area contributed by atoms with Crippen molar-refractivity contribution >= 4 is 39.4 Å². The lowest BCUT2D eigenvalue weighted by Gasteiger charge is -2.12. The topological polar surface area (TPSA) is 114 Å². The van der Waals surface area contributed by atoms with E-state index in [0.717, 1.165) is 11.1 Å². The highest BCUT2D eigenvalue weighted by atomic mass is 79.9. The van der Waals surface area contributed by atoms with Crippen molar-refractivity contribution in [2.45, 2.75) is 13.8 Å². The molecule has 0 aliphatic carbocycles. The van der Waals surface area contributed by atoms with Crippen LogP contribution in [0.25, 0.3) is 0 Å². The first-order valence-electron chi connectivity index (χ1n) is 8.58. The van der Waals surface area contributed by atoms with Crippen molar-refractivity contribution in [3.05, 3.63) is 51.5 Å². The number of carbonyl (C=O) groups is 3. The van der Waals surface area contributed by atoms with E-state index >= 15 is 0 Å². The molecule has 2 aromatic rings. The Balaban J connectivity index is 1.85. The molecule has 3 N–H and O–H groups in total. The van der Waals surface area contributed by atoms with Gasteiger partial charge in [-0.15, -0.1) is 0 Å².